The predicted molar refractivity (Wildman–Crippen MR) is 146 cm³/mol. The third-order valence-electron chi connectivity index (χ3n) is 5.32. The van der Waals surface area contributed by atoms with E-state index in [4.69, 9.17) is 12.0 Å². The lowest BCUT2D eigenvalue weighted by Crippen LogP contribution is -2.40. The molecule has 9 nitrogen and oxygen atoms in total. The summed E-state index contributed by atoms with van der Waals surface area (Å²) in [5.74, 6) is 1.29. The van der Waals surface area contributed by atoms with Gasteiger partial charge in [0.1, 0.15) is 6.54 Å². The largest absolute Gasteiger partial charge is 0.478 e. The Labute approximate surface area is 225 Å². The molecule has 1 heterocycles. The van der Waals surface area contributed by atoms with Crippen LogP contribution in [0.5, 0.6) is 0 Å². The number of hydrogen-bond acceptors (Lipinski definition) is 6. The van der Waals surface area contributed by atoms with E-state index in [-0.39, 0.29) is 28.4 Å². The molecular formula is C27H19N5O4S2. The first kappa shape index (κ1) is 26.4. The van der Waals surface area contributed by atoms with E-state index in [1.54, 1.807) is 42.5 Å². The van der Waals surface area contributed by atoms with E-state index < -0.39 is 17.1 Å². The van der Waals surface area contributed by atoms with Crippen LogP contribution < -0.4 is 11.1 Å². The normalized spacial score (nSPS) is 10.4. The molecular weight excluding hydrogens is 522 g/mol. The van der Waals surface area contributed by atoms with Crippen molar-refractivity contribution in [2.24, 2.45) is 5.11 Å². The molecule has 38 heavy (non-hydrogen) atoms. The average Bonchev–Trinajstić information content (AvgIpc) is 2.93. The maximum Gasteiger partial charge on any atom is 0.336 e. The number of rotatable bonds is 9. The maximum absolute atomic E-state index is 13.9. The fourth-order valence-corrected chi connectivity index (χ4v) is 5.73. The minimum atomic E-state index is -1.15. The highest BCUT2D eigenvalue weighted by Crippen LogP contribution is 2.36. The monoisotopic (exact) mass is 541 g/mol. The number of hydrogen-bond donors (Lipinski definition) is 1. The van der Waals surface area contributed by atoms with E-state index >= 15 is 0 Å². The Morgan fingerprint density at radius 3 is 2.21 bits per heavy atom. The zero-order valence-electron chi connectivity index (χ0n) is 19.7. The van der Waals surface area contributed by atoms with Gasteiger partial charge in [0.2, 0.25) is 0 Å². The average molecular weight is 542 g/mol. The van der Waals surface area contributed by atoms with Crippen molar-refractivity contribution in [1.82, 2.24) is 9.36 Å². The van der Waals surface area contributed by atoms with Gasteiger partial charge in [0.15, 0.2) is 0 Å². The Morgan fingerprint density at radius 1 is 0.921 bits per heavy atom. The molecule has 0 aliphatic heterocycles. The lowest BCUT2D eigenvalue weighted by molar-refractivity contribution is 0.0693. The SMILES string of the molecule is C#CCn1c(=O)c(Sc2ccccc2C(=O)O)c(Sc2ccccc2)c(=O)n1Cc1ccc(N=[N+]=[N-])cc1. The predicted octanol–water partition coefficient (Wildman–Crippen LogP) is 5.63. The first-order valence-corrected chi connectivity index (χ1v) is 12.7. The highest BCUT2D eigenvalue weighted by molar-refractivity contribution is 8.02. The van der Waals surface area contributed by atoms with Gasteiger partial charge >= 0.3 is 5.97 Å². The van der Waals surface area contributed by atoms with Crippen molar-refractivity contribution in [1.29, 1.82) is 0 Å². The van der Waals surface area contributed by atoms with Crippen LogP contribution >= 0.6 is 23.5 Å². The fraction of sp³-hybridized carbons (Fsp3) is 0.0741. The van der Waals surface area contributed by atoms with Gasteiger partial charge in [-0.15, -0.1) is 6.42 Å². The van der Waals surface area contributed by atoms with E-state index in [0.717, 1.165) is 28.4 Å². The second-order valence-corrected chi connectivity index (χ2v) is 9.90. The van der Waals surface area contributed by atoms with Crippen LogP contribution in [0.2, 0.25) is 0 Å². The number of azide groups is 1. The number of nitrogens with zero attached hydrogens (tertiary/aromatic N) is 5. The Kier molecular flexibility index (Phi) is 8.40. The summed E-state index contributed by atoms with van der Waals surface area (Å²) in [6.45, 7) is -0.138. The molecule has 4 rings (SSSR count). The molecule has 0 aliphatic carbocycles. The summed E-state index contributed by atoms with van der Waals surface area (Å²) in [4.78, 5) is 43.6. The summed E-state index contributed by atoms with van der Waals surface area (Å²) in [5, 5.41) is 13.2. The number of aromatic carboxylic acids is 1. The molecule has 0 atom stereocenters. The third-order valence-corrected chi connectivity index (χ3v) is 7.70. The van der Waals surface area contributed by atoms with Crippen LogP contribution in [-0.2, 0) is 13.1 Å². The van der Waals surface area contributed by atoms with Crippen molar-refractivity contribution in [2.75, 3.05) is 0 Å². The van der Waals surface area contributed by atoms with Crippen molar-refractivity contribution < 1.29 is 9.90 Å². The molecule has 188 valence electrons. The lowest BCUT2D eigenvalue weighted by atomic mass is 10.2. The summed E-state index contributed by atoms with van der Waals surface area (Å²) in [5.41, 5.74) is 8.77. The van der Waals surface area contributed by atoms with E-state index in [1.807, 2.05) is 30.3 Å². The highest BCUT2D eigenvalue weighted by Gasteiger charge is 2.23. The van der Waals surface area contributed by atoms with Crippen LogP contribution in [0.3, 0.4) is 0 Å². The van der Waals surface area contributed by atoms with Gasteiger partial charge < -0.3 is 5.11 Å². The van der Waals surface area contributed by atoms with Crippen molar-refractivity contribution in [3.05, 3.63) is 121 Å². The van der Waals surface area contributed by atoms with E-state index in [2.05, 4.69) is 15.9 Å². The highest BCUT2D eigenvalue weighted by atomic mass is 32.2. The molecule has 0 amide bonds. The second kappa shape index (κ2) is 12.1. The van der Waals surface area contributed by atoms with Crippen LogP contribution in [0.15, 0.2) is 113 Å². The van der Waals surface area contributed by atoms with Crippen molar-refractivity contribution >= 4 is 35.2 Å². The molecule has 4 aromatic rings. The molecule has 3 aromatic carbocycles. The molecule has 0 bridgehead atoms. The molecule has 0 fully saturated rings. The summed E-state index contributed by atoms with van der Waals surface area (Å²) < 4.78 is 2.47. The van der Waals surface area contributed by atoms with Gasteiger partial charge in [-0.05, 0) is 35.4 Å². The fourth-order valence-electron chi connectivity index (χ4n) is 3.57. The summed E-state index contributed by atoms with van der Waals surface area (Å²) >= 11 is 2.06. The first-order chi connectivity index (χ1) is 18.4. The van der Waals surface area contributed by atoms with Gasteiger partial charge in [0.05, 0.1) is 21.9 Å². The Balaban J connectivity index is 1.92. The van der Waals surface area contributed by atoms with Gasteiger partial charge in [-0.2, -0.15) is 0 Å². The number of aromatic nitrogens is 2. The van der Waals surface area contributed by atoms with Crippen LogP contribution in [-0.4, -0.2) is 20.4 Å². The molecule has 0 aliphatic rings. The Hall–Kier alpha value is -4.62. The molecule has 0 radical (unpaired) electrons. The molecule has 0 unspecified atom stereocenters. The molecule has 1 N–H and O–H groups in total. The van der Waals surface area contributed by atoms with Crippen molar-refractivity contribution in [3.8, 4) is 12.3 Å². The van der Waals surface area contributed by atoms with Gasteiger partial charge in [0, 0.05) is 20.4 Å². The quantitative estimate of drug-likeness (QED) is 0.126. The van der Waals surface area contributed by atoms with Crippen LogP contribution in [0.25, 0.3) is 10.4 Å². The topological polar surface area (TPSA) is 130 Å². The number of carboxylic acids is 1. The number of carboxylic acid groups (broad SMARTS) is 1. The van der Waals surface area contributed by atoms with E-state index in [1.165, 1.54) is 15.4 Å². The zero-order chi connectivity index (χ0) is 27.1. The standard InChI is InChI=1S/C27H19N5O4S2/c1-2-16-31-25(33)24(38-22-11-7-6-10-21(22)27(35)36)23(37-20-8-4-3-5-9-20)26(34)32(31)17-18-12-14-19(15-13-18)29-30-28/h1,3-15H,16-17H2,(H,35,36). The molecule has 0 saturated carbocycles. The summed E-state index contributed by atoms with van der Waals surface area (Å²) in [6.07, 6.45) is 5.56. The number of benzene rings is 3. The van der Waals surface area contributed by atoms with Gasteiger partial charge in [0.25, 0.3) is 11.1 Å². The van der Waals surface area contributed by atoms with Gasteiger partial charge in [-0.25, -0.2) is 14.2 Å². The van der Waals surface area contributed by atoms with E-state index in [9.17, 15) is 19.5 Å². The van der Waals surface area contributed by atoms with Crippen molar-refractivity contribution in [2.45, 2.75) is 32.7 Å². The molecule has 0 spiro atoms. The van der Waals surface area contributed by atoms with Crippen LogP contribution in [0.1, 0.15) is 15.9 Å². The minimum Gasteiger partial charge on any atom is -0.478 e. The summed E-state index contributed by atoms with van der Waals surface area (Å²) in [7, 11) is 0. The molecule has 1 aromatic heterocycles. The second-order valence-electron chi connectivity index (χ2n) is 7.76. The maximum atomic E-state index is 13.9. The van der Waals surface area contributed by atoms with Crippen molar-refractivity contribution in [3.63, 3.8) is 0 Å². The Morgan fingerprint density at radius 2 is 1.55 bits per heavy atom. The Bertz CT molecular complexity index is 1700. The van der Waals surface area contributed by atoms with E-state index in [0.29, 0.717) is 16.1 Å². The van der Waals surface area contributed by atoms with Gasteiger partial charge in [-0.3, -0.25) is 9.59 Å². The van der Waals surface area contributed by atoms with Crippen LogP contribution in [0, 0.1) is 12.3 Å². The molecule has 0 saturated heterocycles. The summed E-state index contributed by atoms with van der Waals surface area (Å²) in [6, 6.07) is 22.0. The van der Waals surface area contributed by atoms with Crippen LogP contribution in [0.4, 0.5) is 5.69 Å². The molecule has 11 heteroatoms. The third kappa shape index (κ3) is 5.85. The smallest absolute Gasteiger partial charge is 0.336 e. The minimum absolute atomic E-state index is 0.0142. The zero-order valence-corrected chi connectivity index (χ0v) is 21.4. The number of carbonyl (C=O) groups is 1. The number of terminal acetylenes is 1. The lowest BCUT2D eigenvalue weighted by Gasteiger charge is -2.18. The van der Waals surface area contributed by atoms with Gasteiger partial charge in [-0.1, -0.05) is 89.2 Å². The first-order valence-electron chi connectivity index (χ1n) is 11.1.